The standard InChI is InChI=1S/C18H19FN2O2S/c1-20-18(21-2)24-11-14-9-15(19)8-13-10-22-17(23-16(13)14)12-6-4-3-5-7-12/h3-9,17H,10-11H2,1-2H3,(H,20,21)/t17-/m0/s1. The highest BCUT2D eigenvalue weighted by Crippen LogP contribution is 2.37. The molecule has 1 aliphatic heterocycles. The van der Waals surface area contributed by atoms with Crippen molar-refractivity contribution in [3.05, 3.63) is 65.0 Å². The van der Waals surface area contributed by atoms with Crippen LogP contribution in [0, 0.1) is 5.82 Å². The Kier molecular flexibility index (Phi) is 5.37. The molecule has 2 aromatic rings. The third kappa shape index (κ3) is 3.71. The quantitative estimate of drug-likeness (QED) is 0.677. The van der Waals surface area contributed by atoms with Crippen molar-refractivity contribution in [1.29, 1.82) is 0 Å². The molecule has 6 heteroatoms. The Labute approximate surface area is 145 Å². The average Bonchev–Trinajstić information content (AvgIpc) is 2.62. The lowest BCUT2D eigenvalue weighted by Crippen LogP contribution is -2.19. The van der Waals surface area contributed by atoms with Gasteiger partial charge in [-0.15, -0.1) is 0 Å². The molecule has 0 spiro atoms. The molecule has 0 saturated heterocycles. The van der Waals surface area contributed by atoms with Gasteiger partial charge in [0, 0.05) is 36.5 Å². The first kappa shape index (κ1) is 16.8. The lowest BCUT2D eigenvalue weighted by Gasteiger charge is -2.28. The van der Waals surface area contributed by atoms with Gasteiger partial charge in [-0.3, -0.25) is 4.99 Å². The first-order valence-electron chi connectivity index (χ1n) is 7.63. The van der Waals surface area contributed by atoms with Gasteiger partial charge in [-0.1, -0.05) is 42.1 Å². The van der Waals surface area contributed by atoms with Gasteiger partial charge in [-0.2, -0.15) is 0 Å². The molecule has 0 unspecified atom stereocenters. The van der Waals surface area contributed by atoms with E-state index in [4.69, 9.17) is 9.47 Å². The Balaban J connectivity index is 1.85. The van der Waals surface area contributed by atoms with Gasteiger partial charge in [0.15, 0.2) is 5.17 Å². The number of nitrogens with zero attached hydrogens (tertiary/aromatic N) is 1. The lowest BCUT2D eigenvalue weighted by molar-refractivity contribution is -0.112. The second-order valence-corrected chi connectivity index (χ2v) is 6.26. The van der Waals surface area contributed by atoms with Crippen LogP contribution < -0.4 is 10.1 Å². The summed E-state index contributed by atoms with van der Waals surface area (Å²) in [6, 6.07) is 12.7. The molecule has 0 aromatic heterocycles. The molecule has 0 saturated carbocycles. The Morgan fingerprint density at radius 1 is 1.33 bits per heavy atom. The highest BCUT2D eigenvalue weighted by molar-refractivity contribution is 8.13. The zero-order chi connectivity index (χ0) is 16.9. The molecule has 1 heterocycles. The number of ether oxygens (including phenoxy) is 2. The summed E-state index contributed by atoms with van der Waals surface area (Å²) in [4.78, 5) is 4.13. The zero-order valence-electron chi connectivity index (χ0n) is 13.6. The third-order valence-electron chi connectivity index (χ3n) is 3.68. The van der Waals surface area contributed by atoms with Gasteiger partial charge in [-0.05, 0) is 12.1 Å². The molecular weight excluding hydrogens is 327 g/mol. The Bertz CT molecular complexity index is 737. The molecule has 0 fully saturated rings. The SMILES string of the molecule is CN=C(NC)SCc1cc(F)cc2c1O[C@@H](c1ccccc1)OC2. The summed E-state index contributed by atoms with van der Waals surface area (Å²) < 4.78 is 25.7. The van der Waals surface area contributed by atoms with E-state index in [9.17, 15) is 4.39 Å². The topological polar surface area (TPSA) is 42.9 Å². The number of benzene rings is 2. The number of thioether (sulfide) groups is 1. The minimum Gasteiger partial charge on any atom is -0.460 e. The van der Waals surface area contributed by atoms with Crippen LogP contribution in [0.5, 0.6) is 5.75 Å². The summed E-state index contributed by atoms with van der Waals surface area (Å²) in [6.07, 6.45) is -0.475. The number of hydrogen-bond acceptors (Lipinski definition) is 4. The van der Waals surface area contributed by atoms with Crippen molar-refractivity contribution in [1.82, 2.24) is 5.32 Å². The van der Waals surface area contributed by atoms with E-state index in [0.717, 1.165) is 21.9 Å². The van der Waals surface area contributed by atoms with E-state index in [0.29, 0.717) is 18.1 Å². The highest BCUT2D eigenvalue weighted by Gasteiger charge is 2.25. The molecule has 2 aromatic carbocycles. The van der Waals surface area contributed by atoms with Crippen molar-refractivity contribution in [2.75, 3.05) is 14.1 Å². The van der Waals surface area contributed by atoms with Gasteiger partial charge >= 0.3 is 0 Å². The van der Waals surface area contributed by atoms with E-state index < -0.39 is 6.29 Å². The van der Waals surface area contributed by atoms with Crippen LogP contribution >= 0.6 is 11.8 Å². The predicted molar refractivity (Wildman–Crippen MR) is 94.7 cm³/mol. The van der Waals surface area contributed by atoms with Crippen molar-refractivity contribution < 1.29 is 13.9 Å². The number of amidine groups is 1. The van der Waals surface area contributed by atoms with Crippen LogP contribution in [0.3, 0.4) is 0 Å². The molecule has 1 N–H and O–H groups in total. The second kappa shape index (κ2) is 7.68. The van der Waals surface area contributed by atoms with Gasteiger partial charge < -0.3 is 14.8 Å². The molecule has 1 aliphatic rings. The maximum absolute atomic E-state index is 13.9. The summed E-state index contributed by atoms with van der Waals surface area (Å²) in [5.74, 6) is 0.986. The Morgan fingerprint density at radius 3 is 2.83 bits per heavy atom. The fourth-order valence-corrected chi connectivity index (χ4v) is 3.33. The molecule has 24 heavy (non-hydrogen) atoms. The van der Waals surface area contributed by atoms with Crippen LogP contribution in [0.25, 0.3) is 0 Å². The van der Waals surface area contributed by atoms with Crippen LogP contribution in [0.15, 0.2) is 47.5 Å². The summed E-state index contributed by atoms with van der Waals surface area (Å²) in [6.45, 7) is 0.324. The number of hydrogen-bond donors (Lipinski definition) is 1. The van der Waals surface area contributed by atoms with Crippen LogP contribution in [-0.4, -0.2) is 19.3 Å². The zero-order valence-corrected chi connectivity index (χ0v) is 14.4. The normalized spacial score (nSPS) is 17.1. The predicted octanol–water partition coefficient (Wildman–Crippen LogP) is 3.87. The third-order valence-corrected chi connectivity index (χ3v) is 4.79. The van der Waals surface area contributed by atoms with Gasteiger partial charge in [0.05, 0.1) is 6.61 Å². The average molecular weight is 346 g/mol. The van der Waals surface area contributed by atoms with Gasteiger partial charge in [-0.25, -0.2) is 4.39 Å². The van der Waals surface area contributed by atoms with Crippen LogP contribution in [0.1, 0.15) is 23.0 Å². The molecule has 0 bridgehead atoms. The summed E-state index contributed by atoms with van der Waals surface area (Å²) in [5.41, 5.74) is 2.48. The maximum Gasteiger partial charge on any atom is 0.227 e. The molecular formula is C18H19FN2O2S. The first-order valence-corrected chi connectivity index (χ1v) is 8.61. The highest BCUT2D eigenvalue weighted by atomic mass is 32.2. The van der Waals surface area contributed by atoms with E-state index in [-0.39, 0.29) is 5.82 Å². The van der Waals surface area contributed by atoms with Crippen molar-refractivity contribution >= 4 is 16.9 Å². The van der Waals surface area contributed by atoms with E-state index in [2.05, 4.69) is 10.3 Å². The minimum absolute atomic E-state index is 0.283. The fraction of sp³-hybridized carbons (Fsp3) is 0.278. The second-order valence-electron chi connectivity index (χ2n) is 5.29. The van der Waals surface area contributed by atoms with E-state index in [1.54, 1.807) is 7.05 Å². The monoisotopic (exact) mass is 346 g/mol. The van der Waals surface area contributed by atoms with Crippen LogP contribution in [0.2, 0.25) is 0 Å². The molecule has 3 rings (SSSR count). The minimum atomic E-state index is -0.475. The molecule has 4 nitrogen and oxygen atoms in total. The van der Waals surface area contributed by atoms with E-state index >= 15 is 0 Å². The number of fused-ring (bicyclic) bond motifs is 1. The smallest absolute Gasteiger partial charge is 0.227 e. The summed E-state index contributed by atoms with van der Waals surface area (Å²) >= 11 is 1.50. The maximum atomic E-state index is 13.9. The summed E-state index contributed by atoms with van der Waals surface area (Å²) in [7, 11) is 3.53. The number of nitrogens with one attached hydrogen (secondary N) is 1. The van der Waals surface area contributed by atoms with E-state index in [1.807, 2.05) is 37.4 Å². The first-order chi connectivity index (χ1) is 11.7. The fourth-order valence-electron chi connectivity index (χ4n) is 2.55. The Hall–Kier alpha value is -2.05. The van der Waals surface area contributed by atoms with Crippen LogP contribution in [0.4, 0.5) is 4.39 Å². The van der Waals surface area contributed by atoms with E-state index in [1.165, 1.54) is 23.9 Å². The lowest BCUT2D eigenvalue weighted by atomic mass is 10.1. The van der Waals surface area contributed by atoms with Crippen LogP contribution in [-0.2, 0) is 17.1 Å². The molecule has 126 valence electrons. The molecule has 0 radical (unpaired) electrons. The Morgan fingerprint density at radius 2 is 2.12 bits per heavy atom. The van der Waals surface area contributed by atoms with Crippen molar-refractivity contribution in [2.24, 2.45) is 4.99 Å². The van der Waals surface area contributed by atoms with Gasteiger partial charge in [0.2, 0.25) is 6.29 Å². The number of rotatable bonds is 3. The number of aliphatic imine (C=N–C) groups is 1. The molecule has 1 atom stereocenters. The number of halogens is 1. The molecule has 0 amide bonds. The van der Waals surface area contributed by atoms with Crippen molar-refractivity contribution in [2.45, 2.75) is 18.6 Å². The molecule has 0 aliphatic carbocycles. The van der Waals surface area contributed by atoms with Gasteiger partial charge in [0.1, 0.15) is 11.6 Å². The van der Waals surface area contributed by atoms with Gasteiger partial charge in [0.25, 0.3) is 0 Å². The van der Waals surface area contributed by atoms with Crippen molar-refractivity contribution in [3.8, 4) is 5.75 Å². The van der Waals surface area contributed by atoms with Crippen molar-refractivity contribution in [3.63, 3.8) is 0 Å². The largest absolute Gasteiger partial charge is 0.460 e. The summed E-state index contributed by atoms with van der Waals surface area (Å²) in [5, 5.41) is 3.80.